The molecule has 1 aliphatic carbocycles. The van der Waals surface area contributed by atoms with Gasteiger partial charge in [-0.1, -0.05) is 19.3 Å². The first kappa shape index (κ1) is 9.74. The molecule has 2 nitrogen and oxygen atoms in total. The van der Waals surface area contributed by atoms with Crippen LogP contribution in [0.15, 0.2) is 0 Å². The third-order valence-corrected chi connectivity index (χ3v) is 2.66. The summed E-state index contributed by atoms with van der Waals surface area (Å²) in [6.07, 6.45) is 6.97. The van der Waals surface area contributed by atoms with Gasteiger partial charge in [0.2, 0.25) is 0 Å². The Balaban J connectivity index is 1.96. The zero-order chi connectivity index (χ0) is 7.94. The predicted octanol–water partition coefficient (Wildman–Crippen LogP) is 2.28. The van der Waals surface area contributed by atoms with Crippen LogP contribution >= 0.6 is 23.0 Å². The van der Waals surface area contributed by atoms with Crippen molar-refractivity contribution in [2.45, 2.75) is 38.1 Å². The SMILES string of the molecule is IOCCNC1CCCCC1. The van der Waals surface area contributed by atoms with Gasteiger partial charge in [0.25, 0.3) is 0 Å². The fraction of sp³-hybridized carbons (Fsp3) is 1.00. The van der Waals surface area contributed by atoms with E-state index < -0.39 is 0 Å². The van der Waals surface area contributed by atoms with Crippen molar-refractivity contribution in [2.24, 2.45) is 0 Å². The Kier molecular flexibility index (Phi) is 5.49. The summed E-state index contributed by atoms with van der Waals surface area (Å²) in [4.78, 5) is 0. The summed E-state index contributed by atoms with van der Waals surface area (Å²) in [5, 5.41) is 3.49. The molecule has 1 rings (SSSR count). The van der Waals surface area contributed by atoms with Gasteiger partial charge in [-0.3, -0.25) is 0 Å². The van der Waals surface area contributed by atoms with Crippen molar-refractivity contribution in [1.29, 1.82) is 0 Å². The molecule has 0 amide bonds. The molecule has 0 spiro atoms. The lowest BCUT2D eigenvalue weighted by molar-refractivity contribution is 0.340. The second-order valence-electron chi connectivity index (χ2n) is 3.10. The third kappa shape index (κ3) is 4.28. The first-order valence-corrected chi connectivity index (χ1v) is 5.28. The molecule has 0 saturated heterocycles. The summed E-state index contributed by atoms with van der Waals surface area (Å²) >= 11 is 1.94. The summed E-state index contributed by atoms with van der Waals surface area (Å²) in [7, 11) is 0. The van der Waals surface area contributed by atoms with Gasteiger partial charge in [0, 0.05) is 12.6 Å². The van der Waals surface area contributed by atoms with Gasteiger partial charge in [0.1, 0.15) is 23.0 Å². The lowest BCUT2D eigenvalue weighted by Gasteiger charge is -2.22. The Morgan fingerprint density at radius 2 is 2.00 bits per heavy atom. The van der Waals surface area contributed by atoms with Crippen molar-refractivity contribution in [3.8, 4) is 0 Å². The van der Waals surface area contributed by atoms with E-state index in [9.17, 15) is 0 Å². The van der Waals surface area contributed by atoms with Crippen LogP contribution in [0.25, 0.3) is 0 Å². The highest BCUT2D eigenvalue weighted by atomic mass is 127. The first-order chi connectivity index (χ1) is 5.43. The molecular formula is C8H16INO. The van der Waals surface area contributed by atoms with Crippen LogP contribution in [0, 0.1) is 0 Å². The number of rotatable bonds is 4. The first-order valence-electron chi connectivity index (χ1n) is 4.40. The van der Waals surface area contributed by atoms with Gasteiger partial charge in [0.15, 0.2) is 0 Å². The van der Waals surface area contributed by atoms with Crippen LogP contribution < -0.4 is 5.32 Å². The van der Waals surface area contributed by atoms with Crippen molar-refractivity contribution in [2.75, 3.05) is 13.2 Å². The van der Waals surface area contributed by atoms with Crippen molar-refractivity contribution < 1.29 is 3.07 Å². The Morgan fingerprint density at radius 1 is 1.27 bits per heavy atom. The minimum atomic E-state index is 0.773. The second-order valence-corrected chi connectivity index (χ2v) is 3.73. The van der Waals surface area contributed by atoms with Crippen LogP contribution in [0.2, 0.25) is 0 Å². The third-order valence-electron chi connectivity index (χ3n) is 2.22. The smallest absolute Gasteiger partial charge is 0.109 e. The number of halogens is 1. The van der Waals surface area contributed by atoms with E-state index in [-0.39, 0.29) is 0 Å². The molecule has 0 atom stereocenters. The van der Waals surface area contributed by atoms with E-state index in [1.807, 2.05) is 23.0 Å². The fourth-order valence-corrected chi connectivity index (χ4v) is 1.83. The van der Waals surface area contributed by atoms with Gasteiger partial charge in [0.05, 0.1) is 6.61 Å². The molecule has 11 heavy (non-hydrogen) atoms. The molecule has 66 valence electrons. The Hall–Kier alpha value is 0.650. The van der Waals surface area contributed by atoms with Crippen molar-refractivity contribution in [3.63, 3.8) is 0 Å². The average Bonchev–Trinajstić information content (AvgIpc) is 2.07. The summed E-state index contributed by atoms with van der Waals surface area (Å²) in [5.41, 5.74) is 0. The van der Waals surface area contributed by atoms with Gasteiger partial charge in [-0.15, -0.1) is 0 Å². The molecule has 1 aliphatic rings. The molecule has 0 aromatic heterocycles. The van der Waals surface area contributed by atoms with Crippen LogP contribution in [-0.4, -0.2) is 19.2 Å². The maximum atomic E-state index is 4.94. The number of hydrogen-bond donors (Lipinski definition) is 1. The maximum absolute atomic E-state index is 4.94. The molecule has 3 heteroatoms. The van der Waals surface area contributed by atoms with E-state index in [1.54, 1.807) is 0 Å². The normalized spacial score (nSPS) is 20.5. The zero-order valence-corrected chi connectivity index (χ0v) is 8.97. The highest BCUT2D eigenvalue weighted by Crippen LogP contribution is 2.16. The van der Waals surface area contributed by atoms with Gasteiger partial charge in [-0.25, -0.2) is 0 Å². The van der Waals surface area contributed by atoms with E-state index in [2.05, 4.69) is 5.32 Å². The minimum absolute atomic E-state index is 0.773. The van der Waals surface area contributed by atoms with E-state index in [0.717, 1.165) is 19.2 Å². The van der Waals surface area contributed by atoms with E-state index in [4.69, 9.17) is 3.07 Å². The summed E-state index contributed by atoms with van der Waals surface area (Å²) < 4.78 is 4.94. The molecule has 0 bridgehead atoms. The molecule has 0 aromatic carbocycles. The summed E-state index contributed by atoms with van der Waals surface area (Å²) in [6, 6.07) is 0.773. The molecule has 0 unspecified atom stereocenters. The van der Waals surface area contributed by atoms with Crippen LogP contribution in [0.5, 0.6) is 0 Å². The van der Waals surface area contributed by atoms with Crippen LogP contribution in [0.4, 0.5) is 0 Å². The average molecular weight is 269 g/mol. The lowest BCUT2D eigenvalue weighted by atomic mass is 9.96. The van der Waals surface area contributed by atoms with E-state index in [0.29, 0.717) is 0 Å². The molecule has 1 N–H and O–H groups in total. The van der Waals surface area contributed by atoms with Crippen LogP contribution in [0.1, 0.15) is 32.1 Å². The molecule has 1 fully saturated rings. The molecule has 0 radical (unpaired) electrons. The van der Waals surface area contributed by atoms with E-state index in [1.165, 1.54) is 32.1 Å². The topological polar surface area (TPSA) is 21.3 Å². The predicted molar refractivity (Wildman–Crippen MR) is 54.8 cm³/mol. The summed E-state index contributed by atoms with van der Waals surface area (Å²) in [6.45, 7) is 1.84. The molecule has 0 heterocycles. The lowest BCUT2D eigenvalue weighted by Crippen LogP contribution is -2.33. The monoisotopic (exact) mass is 269 g/mol. The quantitative estimate of drug-likeness (QED) is 0.624. The largest absolute Gasteiger partial charge is 0.314 e. The molecule has 0 aromatic rings. The summed E-state index contributed by atoms with van der Waals surface area (Å²) in [5.74, 6) is 0. The van der Waals surface area contributed by atoms with Crippen LogP contribution in [0.3, 0.4) is 0 Å². The Labute approximate surface area is 82.8 Å². The van der Waals surface area contributed by atoms with Gasteiger partial charge < -0.3 is 8.38 Å². The van der Waals surface area contributed by atoms with E-state index >= 15 is 0 Å². The Bertz CT molecular complexity index is 94.1. The zero-order valence-electron chi connectivity index (χ0n) is 6.81. The molecular weight excluding hydrogens is 253 g/mol. The van der Waals surface area contributed by atoms with Gasteiger partial charge in [-0.2, -0.15) is 0 Å². The number of nitrogens with one attached hydrogen (secondary N) is 1. The highest BCUT2D eigenvalue weighted by molar-refractivity contribution is 14.1. The Morgan fingerprint density at radius 3 is 2.64 bits per heavy atom. The highest BCUT2D eigenvalue weighted by Gasteiger charge is 2.11. The second kappa shape index (κ2) is 6.20. The van der Waals surface area contributed by atoms with Crippen molar-refractivity contribution in [1.82, 2.24) is 5.32 Å². The standard InChI is InChI=1S/C8H16INO/c9-11-7-6-10-8-4-2-1-3-5-8/h8,10H,1-7H2. The molecule has 0 aliphatic heterocycles. The van der Waals surface area contributed by atoms with Crippen molar-refractivity contribution in [3.05, 3.63) is 0 Å². The molecule has 1 saturated carbocycles. The van der Waals surface area contributed by atoms with Gasteiger partial charge in [-0.05, 0) is 12.8 Å². The van der Waals surface area contributed by atoms with Crippen molar-refractivity contribution >= 4 is 23.0 Å². The maximum Gasteiger partial charge on any atom is 0.109 e. The van der Waals surface area contributed by atoms with Crippen LogP contribution in [-0.2, 0) is 3.07 Å². The number of hydrogen-bond acceptors (Lipinski definition) is 2. The van der Waals surface area contributed by atoms with Gasteiger partial charge >= 0.3 is 0 Å². The fourth-order valence-electron chi connectivity index (χ4n) is 1.61. The minimum Gasteiger partial charge on any atom is -0.314 e.